The Morgan fingerprint density at radius 1 is 0.378 bits per heavy atom. The maximum absolute atomic E-state index is 12.5. The monoisotopic (exact) mass is 1040 g/mol. The summed E-state index contributed by atoms with van der Waals surface area (Å²) in [6.07, 6.45) is 81.6. The van der Waals surface area contributed by atoms with Crippen molar-refractivity contribution < 1.29 is 24.5 Å². The second-order valence-electron chi connectivity index (χ2n) is 22.4. The number of rotatable bonds is 61. The zero-order valence-electron chi connectivity index (χ0n) is 49.6. The zero-order valence-corrected chi connectivity index (χ0v) is 49.6. The molecule has 0 aliphatic heterocycles. The fourth-order valence-electron chi connectivity index (χ4n) is 10.0. The molecule has 0 aromatic rings. The molecule has 0 saturated heterocycles. The molecule has 0 heterocycles. The number of carbonyl (C=O) groups is 2. The van der Waals surface area contributed by atoms with Gasteiger partial charge in [-0.3, -0.25) is 9.59 Å². The molecule has 0 aliphatic rings. The summed E-state index contributed by atoms with van der Waals surface area (Å²) in [5, 5.41) is 23.2. The summed E-state index contributed by atoms with van der Waals surface area (Å²) in [4.78, 5) is 24.6. The molecule has 2 unspecified atom stereocenters. The third-order valence-corrected chi connectivity index (χ3v) is 15.1. The van der Waals surface area contributed by atoms with Gasteiger partial charge in [0.1, 0.15) is 0 Å². The van der Waals surface area contributed by atoms with Gasteiger partial charge < -0.3 is 20.3 Å². The molecule has 0 fully saturated rings. The Morgan fingerprint density at radius 2 is 0.676 bits per heavy atom. The molecule has 0 bridgehead atoms. The Morgan fingerprint density at radius 3 is 1.07 bits per heavy atom. The smallest absolute Gasteiger partial charge is 0.305 e. The highest BCUT2D eigenvalue weighted by Gasteiger charge is 2.18. The van der Waals surface area contributed by atoms with Gasteiger partial charge in [0.2, 0.25) is 5.91 Å². The van der Waals surface area contributed by atoms with Crippen molar-refractivity contribution in [3.63, 3.8) is 0 Å². The summed E-state index contributed by atoms with van der Waals surface area (Å²) < 4.78 is 5.47. The van der Waals surface area contributed by atoms with E-state index >= 15 is 0 Å². The number of nitrogens with one attached hydrogen (secondary N) is 1. The van der Waals surface area contributed by atoms with Gasteiger partial charge in [-0.2, -0.15) is 0 Å². The van der Waals surface area contributed by atoms with Crippen molar-refractivity contribution in [2.75, 3.05) is 13.2 Å². The van der Waals surface area contributed by atoms with Gasteiger partial charge in [0.15, 0.2) is 0 Å². The van der Waals surface area contributed by atoms with Crippen LogP contribution in [-0.2, 0) is 14.3 Å². The number of ether oxygens (including phenoxy) is 1. The van der Waals surface area contributed by atoms with Crippen LogP contribution in [0.15, 0.2) is 48.6 Å². The quantitative estimate of drug-likeness (QED) is 0.0320. The number of hydrogen-bond acceptors (Lipinski definition) is 5. The molecule has 0 rings (SSSR count). The van der Waals surface area contributed by atoms with E-state index in [1.54, 1.807) is 6.08 Å². The van der Waals surface area contributed by atoms with Gasteiger partial charge in [-0.05, 0) is 89.9 Å². The van der Waals surface area contributed by atoms with Crippen LogP contribution >= 0.6 is 0 Å². The lowest BCUT2D eigenvalue weighted by Crippen LogP contribution is -2.45. The highest BCUT2D eigenvalue weighted by Crippen LogP contribution is 2.17. The number of hydrogen-bond donors (Lipinski definition) is 3. The molecular formula is C68H127NO5. The number of amides is 1. The second-order valence-corrected chi connectivity index (χ2v) is 22.4. The highest BCUT2D eigenvalue weighted by atomic mass is 16.5. The Kier molecular flexibility index (Phi) is 61.5. The first-order chi connectivity index (χ1) is 36.5. The average molecular weight is 1040 g/mol. The fourth-order valence-corrected chi connectivity index (χ4v) is 10.0. The highest BCUT2D eigenvalue weighted by molar-refractivity contribution is 5.76. The summed E-state index contributed by atoms with van der Waals surface area (Å²) in [5.74, 6) is -0.0829. The number of esters is 1. The van der Waals surface area contributed by atoms with Crippen molar-refractivity contribution in [3.8, 4) is 0 Å². The van der Waals surface area contributed by atoms with E-state index in [9.17, 15) is 19.8 Å². The summed E-state index contributed by atoms with van der Waals surface area (Å²) in [7, 11) is 0. The Hall–Kier alpha value is -2.18. The Labute approximate surface area is 461 Å². The van der Waals surface area contributed by atoms with E-state index < -0.39 is 12.1 Å². The number of aliphatic hydroxyl groups is 2. The summed E-state index contributed by atoms with van der Waals surface area (Å²) in [6, 6.07) is -0.637. The van der Waals surface area contributed by atoms with Gasteiger partial charge in [-0.1, -0.05) is 294 Å². The van der Waals surface area contributed by atoms with Crippen molar-refractivity contribution >= 4 is 11.9 Å². The first-order valence-electron chi connectivity index (χ1n) is 32.9. The van der Waals surface area contributed by atoms with Gasteiger partial charge in [0.25, 0.3) is 0 Å². The topological polar surface area (TPSA) is 95.9 Å². The first-order valence-corrected chi connectivity index (χ1v) is 32.9. The summed E-state index contributed by atoms with van der Waals surface area (Å²) in [5.41, 5.74) is 0. The van der Waals surface area contributed by atoms with E-state index in [0.29, 0.717) is 19.4 Å². The van der Waals surface area contributed by atoms with Gasteiger partial charge in [-0.25, -0.2) is 0 Å². The molecule has 1 amide bonds. The van der Waals surface area contributed by atoms with Crippen LogP contribution in [0.1, 0.15) is 348 Å². The van der Waals surface area contributed by atoms with Gasteiger partial charge >= 0.3 is 5.97 Å². The van der Waals surface area contributed by atoms with E-state index in [-0.39, 0.29) is 18.5 Å². The van der Waals surface area contributed by atoms with Crippen LogP contribution in [0.5, 0.6) is 0 Å². The van der Waals surface area contributed by atoms with E-state index in [1.807, 2.05) is 6.08 Å². The number of unbranched alkanes of at least 4 members (excludes halogenated alkanes) is 44. The van der Waals surface area contributed by atoms with E-state index in [1.165, 1.54) is 263 Å². The molecular weight excluding hydrogens is 911 g/mol. The van der Waals surface area contributed by atoms with E-state index in [4.69, 9.17) is 4.74 Å². The Balaban J connectivity index is 3.47. The molecule has 2 atom stereocenters. The molecule has 0 radical (unpaired) electrons. The molecule has 6 nitrogen and oxygen atoms in total. The molecule has 0 aliphatic carbocycles. The SMILES string of the molecule is CCCCC/C=C\C/C=C\CCCCCCCC(=O)OCCCCCCCCCCC/C=C\CCCCCCCCCC(=O)NC(CO)C(O)/C=C/CCCCCCCCCCCCCCCCCCCCCC. The minimum atomic E-state index is -0.852. The van der Waals surface area contributed by atoms with Crippen LogP contribution in [0.3, 0.4) is 0 Å². The molecule has 0 aromatic carbocycles. The minimum Gasteiger partial charge on any atom is -0.466 e. The molecule has 74 heavy (non-hydrogen) atoms. The van der Waals surface area contributed by atoms with Crippen molar-refractivity contribution in [1.29, 1.82) is 0 Å². The minimum absolute atomic E-state index is 0.00841. The lowest BCUT2D eigenvalue weighted by Gasteiger charge is -2.20. The predicted octanol–water partition coefficient (Wildman–Crippen LogP) is 20.9. The maximum atomic E-state index is 12.5. The van der Waals surface area contributed by atoms with Crippen LogP contribution < -0.4 is 5.32 Å². The lowest BCUT2D eigenvalue weighted by atomic mass is 10.0. The largest absolute Gasteiger partial charge is 0.466 e. The molecule has 434 valence electrons. The molecule has 0 spiro atoms. The maximum Gasteiger partial charge on any atom is 0.305 e. The van der Waals surface area contributed by atoms with Crippen molar-refractivity contribution in [2.24, 2.45) is 0 Å². The Bertz CT molecular complexity index is 1240. The molecule has 0 aromatic heterocycles. The lowest BCUT2D eigenvalue weighted by molar-refractivity contribution is -0.143. The van der Waals surface area contributed by atoms with Crippen LogP contribution in [0, 0.1) is 0 Å². The molecule has 6 heteroatoms. The third kappa shape index (κ3) is 59.1. The normalized spacial score (nSPS) is 12.9. The summed E-state index contributed by atoms with van der Waals surface area (Å²) >= 11 is 0. The van der Waals surface area contributed by atoms with Crippen LogP contribution in [-0.4, -0.2) is 47.4 Å². The number of allylic oxidation sites excluding steroid dienone is 7. The number of carbonyl (C=O) groups excluding carboxylic acids is 2. The van der Waals surface area contributed by atoms with Crippen molar-refractivity contribution in [2.45, 2.75) is 360 Å². The average Bonchev–Trinajstić information content (AvgIpc) is 3.40. The third-order valence-electron chi connectivity index (χ3n) is 15.1. The van der Waals surface area contributed by atoms with Crippen LogP contribution in [0.25, 0.3) is 0 Å². The van der Waals surface area contributed by atoms with E-state index in [0.717, 1.165) is 57.8 Å². The fraction of sp³-hybridized carbons (Fsp3) is 0.853. The van der Waals surface area contributed by atoms with E-state index in [2.05, 4.69) is 55.6 Å². The van der Waals surface area contributed by atoms with Gasteiger partial charge in [-0.15, -0.1) is 0 Å². The zero-order chi connectivity index (χ0) is 53.6. The predicted molar refractivity (Wildman–Crippen MR) is 324 cm³/mol. The molecule has 3 N–H and O–H groups in total. The van der Waals surface area contributed by atoms with Crippen molar-refractivity contribution in [1.82, 2.24) is 5.32 Å². The first kappa shape index (κ1) is 71.8. The van der Waals surface area contributed by atoms with Crippen molar-refractivity contribution in [3.05, 3.63) is 48.6 Å². The van der Waals surface area contributed by atoms with Crippen LogP contribution in [0.4, 0.5) is 0 Å². The second kappa shape index (κ2) is 63.4. The van der Waals surface area contributed by atoms with Gasteiger partial charge in [0.05, 0.1) is 25.4 Å². The standard InChI is InChI=1S/C68H127NO5/c1-3-5-7-9-11-13-15-17-19-20-21-22-23-26-29-33-36-40-44-48-52-56-60-66(71)65(64-70)69-67(72)61-57-53-49-45-41-37-34-30-27-24-25-28-31-35-39-43-47-51-55-59-63-74-68(73)62-58-54-50-46-42-38-32-18-16-14-12-10-8-6-4-2/h12,14,18,24,27,32,56,60,65-66,70-71H,3-11,13,15-17,19-23,25-26,28-31,33-55,57-59,61-64H2,1-2H3,(H,69,72)/b14-12-,27-24-,32-18-,60-56+. The molecule has 0 saturated carbocycles. The van der Waals surface area contributed by atoms with Crippen LogP contribution in [0.2, 0.25) is 0 Å². The summed E-state index contributed by atoms with van der Waals surface area (Å²) in [6.45, 7) is 4.88. The van der Waals surface area contributed by atoms with Gasteiger partial charge in [0, 0.05) is 12.8 Å². The number of aliphatic hydroxyl groups excluding tert-OH is 2.